The molecular formula is C51H95N3O2. The van der Waals surface area contributed by atoms with E-state index in [2.05, 4.69) is 67.0 Å². The van der Waals surface area contributed by atoms with Gasteiger partial charge in [0.25, 0.3) is 0 Å². The molecule has 326 valence electrons. The number of rotatable bonds is 45. The molecule has 0 aromatic heterocycles. The van der Waals surface area contributed by atoms with E-state index in [1.807, 2.05) is 0 Å². The van der Waals surface area contributed by atoms with E-state index in [1.54, 1.807) is 0 Å². The second-order valence-corrected chi connectivity index (χ2v) is 16.5. The Morgan fingerprint density at radius 3 is 1.29 bits per heavy atom. The fourth-order valence-corrected chi connectivity index (χ4v) is 7.21. The molecule has 5 nitrogen and oxygen atoms in total. The van der Waals surface area contributed by atoms with Gasteiger partial charge in [-0.15, -0.1) is 0 Å². The zero-order valence-electron chi connectivity index (χ0n) is 37.5. The Bertz CT molecular complexity index is 980. The maximum absolute atomic E-state index is 6.40. The van der Waals surface area contributed by atoms with Crippen molar-refractivity contribution in [2.75, 3.05) is 39.4 Å². The first-order valence-corrected chi connectivity index (χ1v) is 24.6. The van der Waals surface area contributed by atoms with Crippen molar-refractivity contribution in [2.45, 2.75) is 226 Å². The molecule has 0 aliphatic carbocycles. The van der Waals surface area contributed by atoms with Gasteiger partial charge in [0.2, 0.25) is 0 Å². The van der Waals surface area contributed by atoms with Crippen molar-refractivity contribution in [3.63, 3.8) is 0 Å². The minimum atomic E-state index is 0.765. The molecule has 0 bridgehead atoms. The number of hydrogen-bond acceptors (Lipinski definition) is 5. The second kappa shape index (κ2) is 44.3. The van der Waals surface area contributed by atoms with Crippen molar-refractivity contribution in [1.82, 2.24) is 10.6 Å². The van der Waals surface area contributed by atoms with Gasteiger partial charge in [-0.1, -0.05) is 160 Å². The average Bonchev–Trinajstić information content (AvgIpc) is 3.21. The van der Waals surface area contributed by atoms with Gasteiger partial charge < -0.3 is 25.8 Å². The van der Waals surface area contributed by atoms with Gasteiger partial charge in [0, 0.05) is 6.54 Å². The van der Waals surface area contributed by atoms with Crippen LogP contribution in [0.2, 0.25) is 0 Å². The summed E-state index contributed by atoms with van der Waals surface area (Å²) >= 11 is 0. The van der Waals surface area contributed by atoms with Crippen molar-refractivity contribution in [3.8, 4) is 11.5 Å². The maximum atomic E-state index is 6.40. The molecule has 0 unspecified atom stereocenters. The topological polar surface area (TPSA) is 68.5 Å². The summed E-state index contributed by atoms with van der Waals surface area (Å²) < 4.78 is 12.7. The Hall–Kier alpha value is -1.82. The molecule has 0 spiro atoms. The van der Waals surface area contributed by atoms with Crippen LogP contribution in [0.15, 0.2) is 42.5 Å². The number of hydrogen-bond donors (Lipinski definition) is 3. The SMILES string of the molecule is CCCCCCCC/C=C/CCCCCCCCOc1ccc(CNCCCCNCCCCN)cc1OCCCCCCCC/C=C/CCCCCCCC. The summed E-state index contributed by atoms with van der Waals surface area (Å²) in [5.41, 5.74) is 6.86. The number of unbranched alkanes of at least 4 members (excludes halogenated alkanes) is 26. The first kappa shape index (κ1) is 52.2. The number of benzene rings is 1. The molecule has 1 rings (SSSR count). The Kier molecular flexibility index (Phi) is 41.3. The standard InChI is InChI=1S/C51H95N3O2/c1-3-5-7-9-11-13-15-17-19-21-23-25-27-29-31-37-45-55-50-40-39-49(48-54-44-36-35-43-53-42-34-33-41-52)47-51(50)56-46-38-32-30-28-26-24-22-20-18-16-14-12-10-8-6-4-2/h17-20,39-40,47,53-54H,3-16,21-38,41-46,48,52H2,1-2H3/b19-17+,20-18+. The Morgan fingerprint density at radius 1 is 0.429 bits per heavy atom. The fourth-order valence-electron chi connectivity index (χ4n) is 7.21. The first-order chi connectivity index (χ1) is 27.8. The highest BCUT2D eigenvalue weighted by atomic mass is 16.5. The highest BCUT2D eigenvalue weighted by Crippen LogP contribution is 2.29. The molecule has 5 heteroatoms. The van der Waals surface area contributed by atoms with Gasteiger partial charge in [-0.25, -0.2) is 0 Å². The van der Waals surface area contributed by atoms with Crippen molar-refractivity contribution in [2.24, 2.45) is 5.73 Å². The van der Waals surface area contributed by atoms with Gasteiger partial charge in [-0.05, 0) is 134 Å². The molecule has 0 radical (unpaired) electrons. The number of nitrogens with one attached hydrogen (secondary N) is 2. The molecule has 0 saturated carbocycles. The third-order valence-corrected chi connectivity index (χ3v) is 10.9. The Morgan fingerprint density at radius 2 is 0.821 bits per heavy atom. The Balaban J connectivity index is 2.29. The zero-order chi connectivity index (χ0) is 40.1. The summed E-state index contributed by atoms with van der Waals surface area (Å²) in [6, 6.07) is 6.56. The molecule has 0 fully saturated rings. The molecule has 0 saturated heterocycles. The van der Waals surface area contributed by atoms with Crippen molar-refractivity contribution >= 4 is 0 Å². The zero-order valence-corrected chi connectivity index (χ0v) is 37.5. The van der Waals surface area contributed by atoms with Crippen LogP contribution >= 0.6 is 0 Å². The highest BCUT2D eigenvalue weighted by molar-refractivity contribution is 5.43. The van der Waals surface area contributed by atoms with Gasteiger partial charge in [0.1, 0.15) is 0 Å². The van der Waals surface area contributed by atoms with E-state index in [1.165, 1.54) is 192 Å². The van der Waals surface area contributed by atoms with Crippen LogP contribution in [0, 0.1) is 0 Å². The van der Waals surface area contributed by atoms with Gasteiger partial charge in [0.15, 0.2) is 11.5 Å². The molecule has 0 heterocycles. The van der Waals surface area contributed by atoms with Gasteiger partial charge in [-0.2, -0.15) is 0 Å². The predicted molar refractivity (Wildman–Crippen MR) is 248 cm³/mol. The van der Waals surface area contributed by atoms with Crippen LogP contribution in [0.1, 0.15) is 225 Å². The largest absolute Gasteiger partial charge is 0.490 e. The van der Waals surface area contributed by atoms with Crippen LogP contribution in [0.3, 0.4) is 0 Å². The number of allylic oxidation sites excluding steroid dienone is 4. The third-order valence-electron chi connectivity index (χ3n) is 10.9. The summed E-state index contributed by atoms with van der Waals surface area (Å²) in [7, 11) is 0. The van der Waals surface area contributed by atoms with Gasteiger partial charge in [-0.3, -0.25) is 0 Å². The van der Waals surface area contributed by atoms with E-state index >= 15 is 0 Å². The molecule has 0 aliphatic rings. The lowest BCUT2D eigenvalue weighted by Crippen LogP contribution is -2.20. The van der Waals surface area contributed by atoms with Crippen molar-refractivity contribution < 1.29 is 9.47 Å². The van der Waals surface area contributed by atoms with Crippen LogP contribution in [0.25, 0.3) is 0 Å². The number of ether oxygens (including phenoxy) is 2. The van der Waals surface area contributed by atoms with E-state index in [0.29, 0.717) is 0 Å². The van der Waals surface area contributed by atoms with E-state index < -0.39 is 0 Å². The van der Waals surface area contributed by atoms with Crippen LogP contribution < -0.4 is 25.8 Å². The lowest BCUT2D eigenvalue weighted by Gasteiger charge is -2.15. The van der Waals surface area contributed by atoms with E-state index in [4.69, 9.17) is 15.2 Å². The average molecular weight is 782 g/mol. The quantitative estimate of drug-likeness (QED) is 0.0454. The lowest BCUT2D eigenvalue weighted by atomic mass is 10.1. The van der Waals surface area contributed by atoms with Crippen molar-refractivity contribution in [3.05, 3.63) is 48.1 Å². The van der Waals surface area contributed by atoms with Crippen molar-refractivity contribution in [1.29, 1.82) is 0 Å². The normalized spacial score (nSPS) is 11.8. The molecular weight excluding hydrogens is 687 g/mol. The smallest absolute Gasteiger partial charge is 0.161 e. The molecule has 1 aromatic rings. The molecule has 0 atom stereocenters. The van der Waals surface area contributed by atoms with Gasteiger partial charge in [0.05, 0.1) is 13.2 Å². The highest BCUT2D eigenvalue weighted by Gasteiger charge is 2.08. The van der Waals surface area contributed by atoms with Crippen LogP contribution in [0.5, 0.6) is 11.5 Å². The van der Waals surface area contributed by atoms with Crippen LogP contribution in [-0.2, 0) is 6.54 Å². The van der Waals surface area contributed by atoms with Gasteiger partial charge >= 0.3 is 0 Å². The molecule has 0 aliphatic heterocycles. The van der Waals surface area contributed by atoms with Crippen LogP contribution in [-0.4, -0.2) is 39.4 Å². The maximum Gasteiger partial charge on any atom is 0.161 e. The fraction of sp³-hybridized carbons (Fsp3) is 0.804. The molecule has 4 N–H and O–H groups in total. The van der Waals surface area contributed by atoms with Crippen LogP contribution in [0.4, 0.5) is 0 Å². The summed E-state index contributed by atoms with van der Waals surface area (Å²) in [6.45, 7) is 11.0. The predicted octanol–water partition coefficient (Wildman–Crippen LogP) is 14.7. The monoisotopic (exact) mass is 782 g/mol. The van der Waals surface area contributed by atoms with E-state index in [0.717, 1.165) is 76.7 Å². The molecule has 56 heavy (non-hydrogen) atoms. The summed E-state index contributed by atoms with van der Waals surface area (Å²) in [6.07, 6.45) is 51.4. The minimum absolute atomic E-state index is 0.765. The van der Waals surface area contributed by atoms with E-state index in [9.17, 15) is 0 Å². The second-order valence-electron chi connectivity index (χ2n) is 16.5. The third kappa shape index (κ3) is 36.5. The number of nitrogens with two attached hydrogens (primary N) is 1. The minimum Gasteiger partial charge on any atom is -0.490 e. The lowest BCUT2D eigenvalue weighted by molar-refractivity contribution is 0.258. The first-order valence-electron chi connectivity index (χ1n) is 24.6. The van der Waals surface area contributed by atoms with E-state index in [-0.39, 0.29) is 0 Å². The summed E-state index contributed by atoms with van der Waals surface area (Å²) in [5, 5.41) is 7.17. The molecule has 1 aromatic carbocycles. The summed E-state index contributed by atoms with van der Waals surface area (Å²) in [5.74, 6) is 1.83. The Labute approximate surface area is 349 Å². The summed E-state index contributed by atoms with van der Waals surface area (Å²) in [4.78, 5) is 0. The molecule has 0 amide bonds.